The minimum atomic E-state index is -0.510. The van der Waals surface area contributed by atoms with Crippen molar-refractivity contribution >= 4 is 23.2 Å². The van der Waals surface area contributed by atoms with Crippen molar-refractivity contribution < 1.29 is 19.1 Å². The van der Waals surface area contributed by atoms with Gasteiger partial charge >= 0.3 is 0 Å². The summed E-state index contributed by atoms with van der Waals surface area (Å²) in [6, 6.07) is 0. The quantitative estimate of drug-likeness (QED) is 0.766. The van der Waals surface area contributed by atoms with Crippen molar-refractivity contribution in [2.45, 2.75) is 18.4 Å². The normalized spacial score (nSPS) is 22.8. The fourth-order valence-corrected chi connectivity index (χ4v) is 4.27. The predicted molar refractivity (Wildman–Crippen MR) is 84.2 cm³/mol. The lowest BCUT2D eigenvalue weighted by atomic mass is 9.85. The molecule has 4 heterocycles. The molecule has 8 heteroatoms. The Bertz CT molecular complexity index is 637. The molecule has 7 nitrogen and oxygen atoms in total. The number of piperazine rings is 1. The van der Waals surface area contributed by atoms with Crippen molar-refractivity contribution in [3.63, 3.8) is 0 Å². The highest BCUT2D eigenvalue weighted by Crippen LogP contribution is 2.40. The van der Waals surface area contributed by atoms with Crippen molar-refractivity contribution in [2.75, 3.05) is 39.4 Å². The average Bonchev–Trinajstić information content (AvgIpc) is 3.02. The number of hydrogen-bond donors (Lipinski definition) is 2. The zero-order chi connectivity index (χ0) is 15.9. The van der Waals surface area contributed by atoms with Gasteiger partial charge in [0.15, 0.2) is 11.5 Å². The molecule has 3 aliphatic heterocycles. The molecule has 0 atom stereocenters. The van der Waals surface area contributed by atoms with Crippen molar-refractivity contribution in [3.8, 4) is 11.5 Å². The second-order valence-corrected chi connectivity index (χ2v) is 6.89. The topological polar surface area (TPSA) is 79.9 Å². The number of nitrogens with one attached hydrogen (secondary N) is 2. The predicted octanol–water partition coefficient (Wildman–Crippen LogP) is 0.214. The average molecular weight is 337 g/mol. The van der Waals surface area contributed by atoms with Crippen LogP contribution in [0.4, 0.5) is 0 Å². The zero-order valence-corrected chi connectivity index (χ0v) is 13.5. The third kappa shape index (κ3) is 2.46. The highest BCUT2D eigenvalue weighted by Gasteiger charge is 2.43. The van der Waals surface area contributed by atoms with Crippen LogP contribution in [0.5, 0.6) is 11.5 Å². The molecule has 1 aromatic heterocycles. The van der Waals surface area contributed by atoms with Crippen molar-refractivity contribution in [1.82, 2.24) is 15.5 Å². The van der Waals surface area contributed by atoms with Gasteiger partial charge in [-0.05, 0) is 12.8 Å². The fraction of sp³-hybridized carbons (Fsp3) is 0.600. The summed E-state index contributed by atoms with van der Waals surface area (Å²) in [4.78, 5) is 27.3. The van der Waals surface area contributed by atoms with Crippen molar-refractivity contribution in [3.05, 3.63) is 10.3 Å². The number of rotatable bonds is 1. The summed E-state index contributed by atoms with van der Waals surface area (Å²) in [6.45, 7) is 3.56. The van der Waals surface area contributed by atoms with Gasteiger partial charge in [0.05, 0.1) is 0 Å². The van der Waals surface area contributed by atoms with E-state index < -0.39 is 5.54 Å². The van der Waals surface area contributed by atoms with Gasteiger partial charge in [0.2, 0.25) is 5.91 Å². The van der Waals surface area contributed by atoms with Crippen LogP contribution in [-0.2, 0) is 4.79 Å². The molecule has 0 radical (unpaired) electrons. The molecule has 3 aliphatic rings. The molecule has 1 aromatic rings. The maximum atomic E-state index is 12.8. The van der Waals surface area contributed by atoms with Crippen molar-refractivity contribution in [2.24, 2.45) is 0 Å². The summed E-state index contributed by atoms with van der Waals surface area (Å²) in [5.74, 6) is 1.25. The van der Waals surface area contributed by atoms with E-state index >= 15 is 0 Å². The van der Waals surface area contributed by atoms with E-state index in [1.54, 1.807) is 4.90 Å². The van der Waals surface area contributed by atoms with Crippen LogP contribution in [-0.4, -0.2) is 61.6 Å². The molecule has 0 aliphatic carbocycles. The van der Waals surface area contributed by atoms with Gasteiger partial charge in [-0.15, -0.1) is 11.3 Å². The Morgan fingerprint density at radius 3 is 2.78 bits per heavy atom. The van der Waals surface area contributed by atoms with Crippen LogP contribution < -0.4 is 20.1 Å². The van der Waals surface area contributed by atoms with E-state index in [-0.39, 0.29) is 11.8 Å². The fourth-order valence-electron chi connectivity index (χ4n) is 3.38. The Morgan fingerprint density at radius 2 is 2.00 bits per heavy atom. The second kappa shape index (κ2) is 5.68. The molecular weight excluding hydrogens is 318 g/mol. The number of amides is 2. The van der Waals surface area contributed by atoms with Crippen molar-refractivity contribution in [1.29, 1.82) is 0 Å². The summed E-state index contributed by atoms with van der Waals surface area (Å²) >= 11 is 1.36. The summed E-state index contributed by atoms with van der Waals surface area (Å²) in [6.07, 6.45) is 1.27. The highest BCUT2D eigenvalue weighted by molar-refractivity contribution is 7.12. The lowest BCUT2D eigenvalue weighted by Gasteiger charge is -2.43. The van der Waals surface area contributed by atoms with Gasteiger partial charge in [-0.25, -0.2) is 0 Å². The van der Waals surface area contributed by atoms with Gasteiger partial charge in [-0.2, -0.15) is 0 Å². The molecule has 2 amide bonds. The number of nitrogens with zero attached hydrogens (tertiary/aromatic N) is 1. The van der Waals surface area contributed by atoms with E-state index in [1.165, 1.54) is 11.3 Å². The number of thiophene rings is 1. The number of ether oxygens (including phenoxy) is 2. The Morgan fingerprint density at radius 1 is 1.22 bits per heavy atom. The molecule has 23 heavy (non-hydrogen) atoms. The molecule has 1 spiro atoms. The number of fused-ring (bicyclic) bond motifs is 1. The van der Waals surface area contributed by atoms with Crippen LogP contribution in [0.2, 0.25) is 0 Å². The molecule has 0 bridgehead atoms. The minimum absolute atomic E-state index is 0.0344. The minimum Gasteiger partial charge on any atom is -0.485 e. The Balaban J connectivity index is 1.47. The number of likely N-dealkylation sites (tertiary alicyclic amines) is 1. The summed E-state index contributed by atoms with van der Waals surface area (Å²) in [7, 11) is 0. The summed E-state index contributed by atoms with van der Waals surface area (Å²) < 4.78 is 11.1. The molecule has 124 valence electrons. The first-order valence-electron chi connectivity index (χ1n) is 7.89. The summed E-state index contributed by atoms with van der Waals surface area (Å²) in [5.41, 5.74) is -0.510. The van der Waals surface area contributed by atoms with E-state index in [0.717, 1.165) is 6.54 Å². The molecule has 2 saturated heterocycles. The SMILES string of the molecule is O=C(c1scc2c1OCCO2)N1CCC2(CC1)NCCNC2=O. The first-order valence-corrected chi connectivity index (χ1v) is 8.77. The van der Waals surface area contributed by atoms with Gasteiger partial charge in [-0.3, -0.25) is 9.59 Å². The van der Waals surface area contributed by atoms with Crippen LogP contribution >= 0.6 is 11.3 Å². The molecule has 4 rings (SSSR count). The zero-order valence-electron chi connectivity index (χ0n) is 12.7. The molecule has 2 fully saturated rings. The first-order chi connectivity index (χ1) is 11.2. The lowest BCUT2D eigenvalue weighted by Crippen LogP contribution is -2.66. The largest absolute Gasteiger partial charge is 0.485 e. The monoisotopic (exact) mass is 337 g/mol. The van der Waals surface area contributed by atoms with E-state index in [4.69, 9.17) is 9.47 Å². The lowest BCUT2D eigenvalue weighted by molar-refractivity contribution is -0.131. The smallest absolute Gasteiger partial charge is 0.267 e. The highest BCUT2D eigenvalue weighted by atomic mass is 32.1. The van der Waals surface area contributed by atoms with Crippen LogP contribution in [0.15, 0.2) is 5.38 Å². The molecule has 0 saturated carbocycles. The second-order valence-electron chi connectivity index (χ2n) is 6.01. The Kier molecular flexibility index (Phi) is 3.65. The number of hydrogen-bond acceptors (Lipinski definition) is 6. The summed E-state index contributed by atoms with van der Waals surface area (Å²) in [5, 5.41) is 8.07. The molecule has 0 unspecified atom stereocenters. The van der Waals surface area contributed by atoms with Crippen LogP contribution in [0.25, 0.3) is 0 Å². The Hall–Kier alpha value is -1.80. The van der Waals surface area contributed by atoms with Crippen LogP contribution in [0.3, 0.4) is 0 Å². The van der Waals surface area contributed by atoms with E-state index in [1.807, 2.05) is 5.38 Å². The number of carbonyl (C=O) groups is 2. The van der Waals surface area contributed by atoms with E-state index in [0.29, 0.717) is 62.1 Å². The van der Waals surface area contributed by atoms with Gasteiger partial charge in [0.25, 0.3) is 5.91 Å². The van der Waals surface area contributed by atoms with Gasteiger partial charge in [0.1, 0.15) is 23.6 Å². The Labute approximate surface area is 137 Å². The maximum absolute atomic E-state index is 12.8. The van der Waals surface area contributed by atoms with Crippen LogP contribution in [0.1, 0.15) is 22.5 Å². The third-order valence-corrected chi connectivity index (χ3v) is 5.64. The van der Waals surface area contributed by atoms with Gasteiger partial charge < -0.3 is 25.0 Å². The molecule has 0 aromatic carbocycles. The maximum Gasteiger partial charge on any atom is 0.267 e. The van der Waals surface area contributed by atoms with Gasteiger partial charge in [-0.1, -0.05) is 0 Å². The third-order valence-electron chi connectivity index (χ3n) is 4.71. The van der Waals surface area contributed by atoms with Gasteiger partial charge in [0, 0.05) is 31.6 Å². The molecular formula is C15H19N3O4S. The number of carbonyl (C=O) groups excluding carboxylic acids is 2. The first kappa shape index (κ1) is 14.8. The van der Waals surface area contributed by atoms with E-state index in [2.05, 4.69) is 10.6 Å². The number of piperidine rings is 1. The molecule has 2 N–H and O–H groups in total. The van der Waals surface area contributed by atoms with Crippen LogP contribution in [0, 0.1) is 0 Å². The van der Waals surface area contributed by atoms with E-state index in [9.17, 15) is 9.59 Å². The standard InChI is InChI=1S/C15H19N3O4S/c19-13(12-11-10(9-23-12)21-7-8-22-11)18-5-1-15(2-6-18)14(20)16-3-4-17-15/h9,17H,1-8H2,(H,16,20).